The second-order valence-corrected chi connectivity index (χ2v) is 6.13. The molecule has 1 aromatic carbocycles. The smallest absolute Gasteiger partial charge is 0.0653 e. The Hall–Kier alpha value is -0.770. The lowest BCUT2D eigenvalue weighted by atomic mass is 9.94. The van der Waals surface area contributed by atoms with Crippen molar-refractivity contribution in [3.63, 3.8) is 0 Å². The molecular weight excluding hydrogens is 248 g/mol. The number of likely N-dealkylation sites (N-methyl/N-ethyl adjacent to an activating group) is 1. The first-order chi connectivity index (χ1) is 8.44. The van der Waals surface area contributed by atoms with Crippen molar-refractivity contribution >= 4 is 17.3 Å². The lowest BCUT2D eigenvalue weighted by molar-refractivity contribution is 0.137. The summed E-state index contributed by atoms with van der Waals surface area (Å²) in [6.07, 6.45) is 0. The molecule has 100 valence electrons. The van der Waals surface area contributed by atoms with Crippen molar-refractivity contribution in [2.75, 3.05) is 31.6 Å². The van der Waals surface area contributed by atoms with Gasteiger partial charge < -0.3 is 14.9 Å². The molecule has 18 heavy (non-hydrogen) atoms. The highest BCUT2D eigenvalue weighted by molar-refractivity contribution is 6.30. The van der Waals surface area contributed by atoms with Gasteiger partial charge in [-0.2, -0.15) is 0 Å². The molecule has 1 unspecified atom stereocenters. The Morgan fingerprint density at radius 1 is 1.33 bits per heavy atom. The largest absolute Gasteiger partial charge is 0.394 e. The zero-order valence-electron chi connectivity index (χ0n) is 11.2. The van der Waals surface area contributed by atoms with Gasteiger partial charge in [-0.05, 0) is 45.2 Å². The summed E-state index contributed by atoms with van der Waals surface area (Å²) in [5.41, 5.74) is 1.12. The Morgan fingerprint density at radius 3 is 2.50 bits per heavy atom. The summed E-state index contributed by atoms with van der Waals surface area (Å²) in [7, 11) is 2.10. The molecule has 4 heteroatoms. The van der Waals surface area contributed by atoms with Gasteiger partial charge in [0.25, 0.3) is 0 Å². The average Bonchev–Trinajstić information content (AvgIpc) is 2.28. The lowest BCUT2D eigenvalue weighted by Gasteiger charge is -2.52. The summed E-state index contributed by atoms with van der Waals surface area (Å²) in [5, 5.41) is 10.4. The van der Waals surface area contributed by atoms with Gasteiger partial charge in [0.2, 0.25) is 0 Å². The van der Waals surface area contributed by atoms with Gasteiger partial charge in [0, 0.05) is 29.3 Å². The molecule has 1 aliphatic heterocycles. The van der Waals surface area contributed by atoms with Crippen molar-refractivity contribution in [3.05, 3.63) is 29.3 Å². The van der Waals surface area contributed by atoms with E-state index in [0.29, 0.717) is 0 Å². The fourth-order valence-corrected chi connectivity index (χ4v) is 3.16. The fourth-order valence-electron chi connectivity index (χ4n) is 3.04. The number of hydrogen-bond acceptors (Lipinski definition) is 3. The summed E-state index contributed by atoms with van der Waals surface area (Å²) in [6.45, 7) is 6.44. The maximum atomic E-state index is 9.63. The maximum Gasteiger partial charge on any atom is 0.0653 e. The number of piperazine rings is 1. The molecule has 0 aliphatic carbocycles. The van der Waals surface area contributed by atoms with Gasteiger partial charge in [-0.25, -0.2) is 0 Å². The van der Waals surface area contributed by atoms with Crippen LogP contribution in [0.1, 0.15) is 13.8 Å². The highest BCUT2D eigenvalue weighted by Gasteiger charge is 2.38. The van der Waals surface area contributed by atoms with Crippen molar-refractivity contribution < 1.29 is 5.11 Å². The van der Waals surface area contributed by atoms with Gasteiger partial charge in [0.15, 0.2) is 0 Å². The van der Waals surface area contributed by atoms with Crippen LogP contribution in [0, 0.1) is 0 Å². The van der Waals surface area contributed by atoms with Crippen LogP contribution < -0.4 is 4.90 Å². The summed E-state index contributed by atoms with van der Waals surface area (Å²) in [6, 6.07) is 7.98. The van der Waals surface area contributed by atoms with Crippen LogP contribution in [0.4, 0.5) is 5.69 Å². The van der Waals surface area contributed by atoms with E-state index in [-0.39, 0.29) is 18.2 Å². The molecule has 1 aromatic rings. The van der Waals surface area contributed by atoms with Gasteiger partial charge in [-0.3, -0.25) is 0 Å². The molecule has 0 radical (unpaired) electrons. The molecule has 2 rings (SSSR count). The van der Waals surface area contributed by atoms with Crippen molar-refractivity contribution in [2.24, 2.45) is 0 Å². The van der Waals surface area contributed by atoms with Crippen molar-refractivity contribution in [2.45, 2.75) is 25.4 Å². The van der Waals surface area contributed by atoms with Crippen LogP contribution in [0.3, 0.4) is 0 Å². The number of anilines is 1. The molecule has 0 aromatic heterocycles. The number of hydrogen-bond donors (Lipinski definition) is 1. The van der Waals surface area contributed by atoms with E-state index in [1.165, 1.54) is 0 Å². The molecular formula is C14H21ClN2O. The van der Waals surface area contributed by atoms with E-state index in [4.69, 9.17) is 11.6 Å². The predicted molar refractivity (Wildman–Crippen MR) is 76.4 cm³/mol. The zero-order valence-corrected chi connectivity index (χ0v) is 12.0. The third-order valence-electron chi connectivity index (χ3n) is 3.51. The van der Waals surface area contributed by atoms with Gasteiger partial charge in [0.1, 0.15) is 0 Å². The molecule has 0 saturated carbocycles. The second-order valence-electron chi connectivity index (χ2n) is 5.69. The number of benzene rings is 1. The Bertz CT molecular complexity index is 405. The Balaban J connectivity index is 2.34. The molecule has 1 N–H and O–H groups in total. The number of nitrogens with zero attached hydrogens (tertiary/aromatic N) is 2. The first-order valence-electron chi connectivity index (χ1n) is 6.28. The van der Waals surface area contributed by atoms with Crippen LogP contribution in [0.15, 0.2) is 24.3 Å². The quantitative estimate of drug-likeness (QED) is 0.891. The summed E-state index contributed by atoms with van der Waals surface area (Å²) in [5.74, 6) is 0. The van der Waals surface area contributed by atoms with Gasteiger partial charge in [-0.1, -0.05) is 11.6 Å². The van der Waals surface area contributed by atoms with Crippen LogP contribution >= 0.6 is 11.6 Å². The number of aliphatic hydroxyl groups is 1. The molecule has 1 heterocycles. The van der Waals surface area contributed by atoms with E-state index in [2.05, 4.69) is 30.7 Å². The van der Waals surface area contributed by atoms with Crippen molar-refractivity contribution in [1.29, 1.82) is 0 Å². The van der Waals surface area contributed by atoms with E-state index in [1.807, 2.05) is 24.3 Å². The van der Waals surface area contributed by atoms with Crippen LogP contribution in [-0.2, 0) is 0 Å². The normalized spacial score (nSPS) is 24.3. The van der Waals surface area contributed by atoms with Crippen molar-refractivity contribution in [1.82, 2.24) is 4.90 Å². The molecule has 1 fully saturated rings. The predicted octanol–water partition coefficient (Wildman–Crippen LogP) is 2.23. The van der Waals surface area contributed by atoms with E-state index in [0.717, 1.165) is 23.8 Å². The standard InChI is InChI=1S/C14H21ClN2O/c1-14(2)10-16(3)8-13(9-18)17(14)12-6-4-11(15)5-7-12/h4-7,13,18H,8-10H2,1-3H3. The fraction of sp³-hybridized carbons (Fsp3) is 0.571. The van der Waals surface area contributed by atoms with Crippen LogP contribution in [-0.4, -0.2) is 48.3 Å². The topological polar surface area (TPSA) is 26.7 Å². The molecule has 0 bridgehead atoms. The van der Waals surface area contributed by atoms with Gasteiger partial charge in [-0.15, -0.1) is 0 Å². The van der Waals surface area contributed by atoms with Gasteiger partial charge in [0.05, 0.1) is 12.6 Å². The highest BCUT2D eigenvalue weighted by Crippen LogP contribution is 2.31. The van der Waals surface area contributed by atoms with Crippen LogP contribution in [0.25, 0.3) is 0 Å². The minimum Gasteiger partial charge on any atom is -0.394 e. The third kappa shape index (κ3) is 2.63. The molecule has 1 aliphatic rings. The van der Waals surface area contributed by atoms with Crippen LogP contribution in [0.2, 0.25) is 5.02 Å². The Labute approximate surface area is 114 Å². The molecule has 1 atom stereocenters. The Morgan fingerprint density at radius 2 is 1.94 bits per heavy atom. The lowest BCUT2D eigenvalue weighted by Crippen LogP contribution is -2.64. The zero-order chi connectivity index (χ0) is 13.3. The third-order valence-corrected chi connectivity index (χ3v) is 3.76. The molecule has 0 spiro atoms. The van der Waals surface area contributed by atoms with E-state index in [1.54, 1.807) is 0 Å². The number of rotatable bonds is 2. The number of halogens is 1. The summed E-state index contributed by atoms with van der Waals surface area (Å²) >= 11 is 5.94. The highest BCUT2D eigenvalue weighted by atomic mass is 35.5. The van der Waals surface area contributed by atoms with E-state index < -0.39 is 0 Å². The SMILES string of the molecule is CN1CC(CO)N(c2ccc(Cl)cc2)C(C)(C)C1. The number of aliphatic hydroxyl groups excluding tert-OH is 1. The summed E-state index contributed by atoms with van der Waals surface area (Å²) < 4.78 is 0. The van der Waals surface area contributed by atoms with Gasteiger partial charge >= 0.3 is 0 Å². The summed E-state index contributed by atoms with van der Waals surface area (Å²) in [4.78, 5) is 4.58. The second kappa shape index (κ2) is 5.08. The average molecular weight is 269 g/mol. The van der Waals surface area contributed by atoms with Crippen LogP contribution in [0.5, 0.6) is 0 Å². The Kier molecular flexibility index (Phi) is 3.85. The molecule has 1 saturated heterocycles. The first kappa shape index (κ1) is 13.7. The first-order valence-corrected chi connectivity index (χ1v) is 6.66. The minimum absolute atomic E-state index is 0.00573. The monoisotopic (exact) mass is 268 g/mol. The van der Waals surface area contributed by atoms with E-state index >= 15 is 0 Å². The van der Waals surface area contributed by atoms with Crippen molar-refractivity contribution in [3.8, 4) is 0 Å². The molecule has 3 nitrogen and oxygen atoms in total. The molecule has 0 amide bonds. The van der Waals surface area contributed by atoms with E-state index in [9.17, 15) is 5.11 Å². The minimum atomic E-state index is -0.00573. The maximum absolute atomic E-state index is 9.63.